The van der Waals surface area contributed by atoms with E-state index in [0.29, 0.717) is 24.8 Å². The molecule has 230 valence electrons. The van der Waals surface area contributed by atoms with Gasteiger partial charge in [0.1, 0.15) is 24.2 Å². The number of ether oxygens (including phenoxy) is 2. The van der Waals surface area contributed by atoms with Crippen molar-refractivity contribution in [3.63, 3.8) is 0 Å². The zero-order chi connectivity index (χ0) is 30.6. The van der Waals surface area contributed by atoms with E-state index in [2.05, 4.69) is 32.9 Å². The number of piperidine rings is 1. The molecule has 4 heterocycles. The molecule has 1 saturated carbocycles. The molecule has 0 spiro atoms. The van der Waals surface area contributed by atoms with Gasteiger partial charge in [-0.1, -0.05) is 29.4 Å². The highest BCUT2D eigenvalue weighted by atomic mass is 16.5. The van der Waals surface area contributed by atoms with Crippen LogP contribution in [0.1, 0.15) is 83.2 Å². The van der Waals surface area contributed by atoms with Crippen LogP contribution in [0.5, 0.6) is 5.75 Å². The highest BCUT2D eigenvalue weighted by molar-refractivity contribution is 5.93. The summed E-state index contributed by atoms with van der Waals surface area (Å²) in [6.07, 6.45) is 6.31. The summed E-state index contributed by atoms with van der Waals surface area (Å²) in [6.45, 7) is 2.92. The quantitative estimate of drug-likeness (QED) is 0.334. The van der Waals surface area contributed by atoms with E-state index in [-0.39, 0.29) is 48.3 Å². The van der Waals surface area contributed by atoms with E-state index < -0.39 is 24.0 Å². The number of esters is 1. The maximum atomic E-state index is 13.0. The smallest absolute Gasteiger partial charge is 0.306 e. The van der Waals surface area contributed by atoms with Crippen LogP contribution in [-0.2, 0) is 14.3 Å². The van der Waals surface area contributed by atoms with Gasteiger partial charge in [-0.15, -0.1) is 0 Å². The van der Waals surface area contributed by atoms with Crippen LogP contribution in [0.15, 0.2) is 59.4 Å². The molecular weight excluding hydrogens is 566 g/mol. The van der Waals surface area contributed by atoms with Crippen molar-refractivity contribution in [3.05, 3.63) is 77.4 Å². The second kappa shape index (κ2) is 12.9. The average molecular weight is 602 g/mol. The van der Waals surface area contributed by atoms with Gasteiger partial charge in [0.2, 0.25) is 11.7 Å². The van der Waals surface area contributed by atoms with E-state index in [9.17, 15) is 19.2 Å². The number of hydrogen-bond acceptors (Lipinski definition) is 9. The second-order valence-electron chi connectivity index (χ2n) is 11.7. The SMILES string of the molecule is C[C@H](NC(=O)c1ccno1)[C@H](Oc1ccc(C(=O)N[C@H]2CCCN(C(=O)[C@H]3COC(=O)C3)C2)nc1)c1ccc(C2CC2)cc1. The van der Waals surface area contributed by atoms with Crippen LogP contribution in [0.3, 0.4) is 0 Å². The number of likely N-dealkylation sites (tertiary alicyclic amines) is 1. The van der Waals surface area contributed by atoms with E-state index in [1.54, 1.807) is 17.0 Å². The molecule has 0 unspecified atom stereocenters. The summed E-state index contributed by atoms with van der Waals surface area (Å²) >= 11 is 0. The molecule has 44 heavy (non-hydrogen) atoms. The summed E-state index contributed by atoms with van der Waals surface area (Å²) in [5.74, 6) is -0.536. The Morgan fingerprint density at radius 1 is 1.05 bits per heavy atom. The molecule has 12 nitrogen and oxygen atoms in total. The van der Waals surface area contributed by atoms with Gasteiger partial charge in [0.05, 0.1) is 30.8 Å². The lowest BCUT2D eigenvalue weighted by atomic mass is 10.00. The van der Waals surface area contributed by atoms with Crippen LogP contribution < -0.4 is 15.4 Å². The minimum absolute atomic E-state index is 0.101. The van der Waals surface area contributed by atoms with Crippen molar-refractivity contribution in [2.24, 2.45) is 5.92 Å². The monoisotopic (exact) mass is 601 g/mol. The van der Waals surface area contributed by atoms with Crippen LogP contribution in [0.25, 0.3) is 0 Å². The topological polar surface area (TPSA) is 153 Å². The lowest BCUT2D eigenvalue weighted by Crippen LogP contribution is -2.51. The number of cyclic esters (lactones) is 1. The fraction of sp³-hybridized carbons (Fsp3) is 0.438. The van der Waals surface area contributed by atoms with Crippen molar-refractivity contribution in [3.8, 4) is 5.75 Å². The minimum Gasteiger partial charge on any atom is -0.482 e. The number of rotatable bonds is 10. The normalized spacial score (nSPS) is 21.2. The molecular formula is C32H35N5O7. The van der Waals surface area contributed by atoms with Gasteiger partial charge in [-0.2, -0.15) is 0 Å². The predicted octanol–water partition coefficient (Wildman–Crippen LogP) is 3.17. The van der Waals surface area contributed by atoms with Crippen molar-refractivity contribution in [1.29, 1.82) is 0 Å². The van der Waals surface area contributed by atoms with Crippen LogP contribution in [-0.4, -0.2) is 70.5 Å². The van der Waals surface area contributed by atoms with Gasteiger partial charge in [0.15, 0.2) is 0 Å². The molecule has 6 rings (SSSR count). The highest BCUT2D eigenvalue weighted by Gasteiger charge is 2.35. The van der Waals surface area contributed by atoms with E-state index in [1.807, 2.05) is 19.1 Å². The fourth-order valence-electron chi connectivity index (χ4n) is 5.73. The molecule has 1 aromatic carbocycles. The first kappa shape index (κ1) is 29.3. The molecule has 3 aliphatic rings. The van der Waals surface area contributed by atoms with Crippen molar-refractivity contribution in [1.82, 2.24) is 25.7 Å². The molecule has 3 amide bonds. The molecule has 2 aromatic heterocycles. The number of carbonyl (C=O) groups is 4. The lowest BCUT2D eigenvalue weighted by Gasteiger charge is -2.34. The maximum Gasteiger partial charge on any atom is 0.306 e. The van der Waals surface area contributed by atoms with E-state index in [4.69, 9.17) is 14.0 Å². The van der Waals surface area contributed by atoms with Gasteiger partial charge in [0, 0.05) is 25.2 Å². The molecule has 3 fully saturated rings. The Bertz CT molecular complexity index is 1490. The second-order valence-corrected chi connectivity index (χ2v) is 11.7. The van der Waals surface area contributed by atoms with Gasteiger partial charge >= 0.3 is 5.97 Å². The zero-order valence-electron chi connectivity index (χ0n) is 24.4. The number of nitrogens with zero attached hydrogens (tertiary/aromatic N) is 3. The Balaban J connectivity index is 1.09. The molecule has 2 saturated heterocycles. The Labute approximate surface area is 254 Å². The zero-order valence-corrected chi connectivity index (χ0v) is 24.4. The summed E-state index contributed by atoms with van der Waals surface area (Å²) in [6, 6.07) is 12.3. The Morgan fingerprint density at radius 3 is 2.52 bits per heavy atom. The van der Waals surface area contributed by atoms with Gasteiger partial charge in [-0.25, -0.2) is 4.98 Å². The van der Waals surface area contributed by atoms with Crippen LogP contribution in [0.2, 0.25) is 0 Å². The fourth-order valence-corrected chi connectivity index (χ4v) is 5.73. The molecule has 0 radical (unpaired) electrons. The Kier molecular flexibility index (Phi) is 8.58. The van der Waals surface area contributed by atoms with Gasteiger partial charge in [-0.05, 0) is 61.8 Å². The summed E-state index contributed by atoms with van der Waals surface area (Å²) in [7, 11) is 0. The van der Waals surface area contributed by atoms with Gasteiger partial charge < -0.3 is 29.5 Å². The number of nitrogens with one attached hydrogen (secondary N) is 2. The third-order valence-electron chi connectivity index (χ3n) is 8.30. The third-order valence-corrected chi connectivity index (χ3v) is 8.30. The van der Waals surface area contributed by atoms with Crippen LogP contribution in [0, 0.1) is 5.92 Å². The predicted molar refractivity (Wildman–Crippen MR) is 156 cm³/mol. The number of amides is 3. The first-order chi connectivity index (χ1) is 21.3. The number of carbonyl (C=O) groups excluding carboxylic acids is 4. The first-order valence-corrected chi connectivity index (χ1v) is 15.0. The summed E-state index contributed by atoms with van der Waals surface area (Å²) < 4.78 is 16.3. The molecule has 1 aliphatic carbocycles. The van der Waals surface area contributed by atoms with Gasteiger partial charge in [-0.3, -0.25) is 19.2 Å². The highest BCUT2D eigenvalue weighted by Crippen LogP contribution is 2.40. The molecule has 2 N–H and O–H groups in total. The first-order valence-electron chi connectivity index (χ1n) is 15.0. The van der Waals surface area contributed by atoms with Crippen LogP contribution in [0.4, 0.5) is 0 Å². The molecule has 12 heteroatoms. The van der Waals surface area contributed by atoms with E-state index >= 15 is 0 Å². The number of benzene rings is 1. The van der Waals surface area contributed by atoms with Crippen molar-refractivity contribution in [2.75, 3.05) is 19.7 Å². The average Bonchev–Trinajstić information content (AvgIpc) is 3.55. The number of pyridine rings is 1. The third kappa shape index (κ3) is 6.90. The number of hydrogen-bond donors (Lipinski definition) is 2. The molecule has 4 atom stereocenters. The van der Waals surface area contributed by atoms with E-state index in [0.717, 1.165) is 18.4 Å². The van der Waals surface area contributed by atoms with Crippen molar-refractivity contribution >= 4 is 23.7 Å². The lowest BCUT2D eigenvalue weighted by molar-refractivity contribution is -0.138. The van der Waals surface area contributed by atoms with Gasteiger partial charge in [0.25, 0.3) is 11.8 Å². The van der Waals surface area contributed by atoms with E-state index in [1.165, 1.54) is 36.9 Å². The van der Waals surface area contributed by atoms with Crippen molar-refractivity contribution in [2.45, 2.75) is 63.1 Å². The minimum atomic E-state index is -0.553. The maximum absolute atomic E-state index is 13.0. The van der Waals surface area contributed by atoms with Crippen LogP contribution >= 0.6 is 0 Å². The Morgan fingerprint density at radius 2 is 1.86 bits per heavy atom. The number of aromatic nitrogens is 2. The molecule has 2 aliphatic heterocycles. The summed E-state index contributed by atoms with van der Waals surface area (Å²) in [4.78, 5) is 56.0. The summed E-state index contributed by atoms with van der Waals surface area (Å²) in [5, 5.41) is 9.51. The largest absolute Gasteiger partial charge is 0.482 e. The standard InChI is InChI=1S/C32H35N5O7/c1-19(35-31(40)27-12-13-34-44-27)29(22-8-6-21(7-9-22)20-4-5-20)43-25-10-11-26(33-16-25)30(39)36-24-3-2-14-37(17-24)32(41)23-15-28(38)42-18-23/h6-13,16,19-20,23-24,29H,2-5,14-15,17-18H2,1H3,(H,35,40)(H,36,39)/t19-,23+,24-,29-/m0/s1. The summed E-state index contributed by atoms with van der Waals surface area (Å²) in [5.41, 5.74) is 2.38. The Hall–Kier alpha value is -4.74. The molecule has 3 aromatic rings. The van der Waals surface area contributed by atoms with Crippen molar-refractivity contribution < 1.29 is 33.2 Å². The molecule has 0 bridgehead atoms.